The smallest absolute Gasteiger partial charge is 0.317 e. The van der Waals surface area contributed by atoms with Gasteiger partial charge in [-0.05, 0) is 35.4 Å². The van der Waals surface area contributed by atoms with E-state index < -0.39 is 17.3 Å². The highest BCUT2D eigenvalue weighted by molar-refractivity contribution is 6.12. The Kier molecular flexibility index (Phi) is 2.47. The number of allylic oxidation sites excluding steroid dienone is 2. The summed E-state index contributed by atoms with van der Waals surface area (Å²) in [6.45, 7) is 0. The lowest BCUT2D eigenvalue weighted by Gasteiger charge is -2.32. The van der Waals surface area contributed by atoms with Crippen molar-refractivity contribution >= 4 is 11.7 Å². The van der Waals surface area contributed by atoms with Gasteiger partial charge in [0.1, 0.15) is 11.4 Å². The Morgan fingerprint density at radius 2 is 1.91 bits per heavy atom. The minimum atomic E-state index is -4.38. The van der Waals surface area contributed by atoms with E-state index in [2.05, 4.69) is 4.99 Å². The Labute approximate surface area is 124 Å². The molecule has 2 heterocycles. The van der Waals surface area contributed by atoms with Crippen LogP contribution in [-0.2, 0) is 23.8 Å². The van der Waals surface area contributed by atoms with Gasteiger partial charge in [0.05, 0.1) is 5.56 Å². The molecule has 0 N–H and O–H groups in total. The lowest BCUT2D eigenvalue weighted by atomic mass is 9.93. The fourth-order valence-corrected chi connectivity index (χ4v) is 3.35. The summed E-state index contributed by atoms with van der Waals surface area (Å²) in [6.07, 6.45) is 3.33. The number of halogens is 3. The Hall–Kier alpha value is -2.37. The average molecular weight is 304 g/mol. The van der Waals surface area contributed by atoms with Gasteiger partial charge in [-0.15, -0.1) is 0 Å². The lowest BCUT2D eigenvalue weighted by Crippen LogP contribution is -2.49. The number of rotatable bonds is 0. The van der Waals surface area contributed by atoms with E-state index in [1.165, 1.54) is 6.07 Å². The van der Waals surface area contributed by atoms with Gasteiger partial charge in [-0.25, -0.2) is 0 Å². The number of nitrogens with zero attached hydrogens (tertiary/aromatic N) is 2. The molecule has 0 fully saturated rings. The van der Waals surface area contributed by atoms with Crippen LogP contribution in [0.25, 0.3) is 0 Å². The SMILES string of the molecule is O=C1N=C2C=CC=CN2C12Cc1ccc(C(F)(F)F)cc1C2. The van der Waals surface area contributed by atoms with Gasteiger partial charge in [-0.1, -0.05) is 12.1 Å². The minimum Gasteiger partial charge on any atom is -0.317 e. The number of hydrogen-bond acceptors (Lipinski definition) is 2. The summed E-state index contributed by atoms with van der Waals surface area (Å²) >= 11 is 0. The maximum atomic E-state index is 12.9. The van der Waals surface area contributed by atoms with Crippen molar-refractivity contribution in [3.8, 4) is 0 Å². The van der Waals surface area contributed by atoms with Crippen LogP contribution < -0.4 is 0 Å². The molecule has 0 bridgehead atoms. The fourth-order valence-electron chi connectivity index (χ4n) is 3.35. The van der Waals surface area contributed by atoms with Crippen LogP contribution in [0.1, 0.15) is 16.7 Å². The van der Waals surface area contributed by atoms with Crippen LogP contribution in [-0.4, -0.2) is 22.2 Å². The van der Waals surface area contributed by atoms with Crippen LogP contribution in [0.3, 0.4) is 0 Å². The maximum absolute atomic E-state index is 12.9. The Morgan fingerprint density at radius 3 is 2.68 bits per heavy atom. The first-order valence-electron chi connectivity index (χ1n) is 6.86. The number of amidine groups is 1. The Bertz CT molecular complexity index is 776. The van der Waals surface area contributed by atoms with E-state index in [0.29, 0.717) is 17.8 Å². The van der Waals surface area contributed by atoms with Crippen LogP contribution in [0.15, 0.2) is 47.6 Å². The standard InChI is InChI=1S/C16H11F3N2O/c17-16(18,19)12-5-4-10-8-15(9-11(10)7-12)14(22)20-13-3-1-2-6-21(13)15/h1-7H,8-9H2. The maximum Gasteiger partial charge on any atom is 0.416 e. The molecule has 1 amide bonds. The largest absolute Gasteiger partial charge is 0.416 e. The van der Waals surface area contributed by atoms with Gasteiger partial charge in [0.2, 0.25) is 0 Å². The predicted octanol–water partition coefficient (Wildman–Crippen LogP) is 2.87. The number of amides is 1. The highest BCUT2D eigenvalue weighted by Crippen LogP contribution is 2.42. The highest BCUT2D eigenvalue weighted by atomic mass is 19.4. The number of carbonyl (C=O) groups is 1. The molecule has 1 aromatic rings. The van der Waals surface area contributed by atoms with Gasteiger partial charge in [0, 0.05) is 19.0 Å². The zero-order valence-electron chi connectivity index (χ0n) is 11.4. The molecule has 1 atom stereocenters. The number of alkyl halides is 3. The molecule has 1 aromatic carbocycles. The molecule has 6 heteroatoms. The lowest BCUT2D eigenvalue weighted by molar-refractivity contribution is -0.137. The molecule has 4 rings (SSSR count). The zero-order valence-corrected chi connectivity index (χ0v) is 11.4. The number of fused-ring (bicyclic) bond motifs is 3. The number of benzene rings is 1. The van der Waals surface area contributed by atoms with Gasteiger partial charge in [0.25, 0.3) is 5.91 Å². The van der Waals surface area contributed by atoms with Gasteiger partial charge >= 0.3 is 6.18 Å². The predicted molar refractivity (Wildman–Crippen MR) is 74.1 cm³/mol. The second kappa shape index (κ2) is 4.09. The summed E-state index contributed by atoms with van der Waals surface area (Å²) in [5.41, 5.74) is -0.226. The van der Waals surface area contributed by atoms with E-state index in [4.69, 9.17) is 0 Å². The summed E-state index contributed by atoms with van der Waals surface area (Å²) in [7, 11) is 0. The molecule has 3 aliphatic rings. The van der Waals surface area contributed by atoms with E-state index in [1.54, 1.807) is 29.3 Å². The molecule has 0 saturated carbocycles. The van der Waals surface area contributed by atoms with Gasteiger partial charge in [0.15, 0.2) is 0 Å². The van der Waals surface area contributed by atoms with E-state index in [0.717, 1.165) is 17.7 Å². The van der Waals surface area contributed by atoms with Crippen molar-refractivity contribution in [2.45, 2.75) is 24.6 Å². The molecular weight excluding hydrogens is 293 g/mol. The van der Waals surface area contributed by atoms with Crippen molar-refractivity contribution in [1.29, 1.82) is 0 Å². The van der Waals surface area contributed by atoms with Gasteiger partial charge in [-0.2, -0.15) is 18.2 Å². The molecular formula is C16H11F3N2O. The Balaban J connectivity index is 1.75. The first-order chi connectivity index (χ1) is 10.4. The molecule has 0 saturated heterocycles. The van der Waals surface area contributed by atoms with Crippen LogP contribution in [0.5, 0.6) is 0 Å². The first-order valence-corrected chi connectivity index (χ1v) is 6.86. The van der Waals surface area contributed by atoms with Crippen molar-refractivity contribution < 1.29 is 18.0 Å². The van der Waals surface area contributed by atoms with E-state index in [1.807, 2.05) is 0 Å². The summed E-state index contributed by atoms with van der Waals surface area (Å²) in [4.78, 5) is 18.2. The molecule has 1 unspecified atom stereocenters. The minimum absolute atomic E-state index is 0.246. The summed E-state index contributed by atoms with van der Waals surface area (Å²) in [5.74, 6) is 0.264. The van der Waals surface area contributed by atoms with Crippen molar-refractivity contribution in [2.75, 3.05) is 0 Å². The molecule has 3 nitrogen and oxygen atoms in total. The third-order valence-electron chi connectivity index (χ3n) is 4.41. The second-order valence-corrected chi connectivity index (χ2v) is 5.71. The highest BCUT2D eigenvalue weighted by Gasteiger charge is 2.53. The van der Waals surface area contributed by atoms with Gasteiger partial charge in [-0.3, -0.25) is 4.79 Å². The molecule has 0 aromatic heterocycles. The number of hydrogen-bond donors (Lipinski definition) is 0. The van der Waals surface area contributed by atoms with E-state index >= 15 is 0 Å². The van der Waals surface area contributed by atoms with Crippen LogP contribution in [0.4, 0.5) is 13.2 Å². The third kappa shape index (κ3) is 1.70. The van der Waals surface area contributed by atoms with Crippen molar-refractivity contribution in [2.24, 2.45) is 4.99 Å². The molecule has 112 valence electrons. The molecule has 2 aliphatic heterocycles. The topological polar surface area (TPSA) is 32.7 Å². The fraction of sp³-hybridized carbons (Fsp3) is 0.250. The third-order valence-corrected chi connectivity index (χ3v) is 4.41. The molecule has 1 spiro atoms. The van der Waals surface area contributed by atoms with E-state index in [9.17, 15) is 18.0 Å². The van der Waals surface area contributed by atoms with Crippen LogP contribution >= 0.6 is 0 Å². The number of carbonyl (C=O) groups excluding carboxylic acids is 1. The quantitative estimate of drug-likeness (QED) is 0.738. The van der Waals surface area contributed by atoms with E-state index in [-0.39, 0.29) is 12.3 Å². The Morgan fingerprint density at radius 1 is 1.14 bits per heavy atom. The second-order valence-electron chi connectivity index (χ2n) is 5.71. The van der Waals surface area contributed by atoms with Crippen LogP contribution in [0.2, 0.25) is 0 Å². The molecule has 1 aliphatic carbocycles. The summed E-state index contributed by atoms with van der Waals surface area (Å²) in [6, 6.07) is 3.70. The monoisotopic (exact) mass is 304 g/mol. The average Bonchev–Trinajstić information content (AvgIpc) is 2.97. The molecule has 22 heavy (non-hydrogen) atoms. The first kappa shape index (κ1) is 13.3. The van der Waals surface area contributed by atoms with Crippen molar-refractivity contribution in [1.82, 2.24) is 4.90 Å². The zero-order chi connectivity index (χ0) is 15.5. The van der Waals surface area contributed by atoms with Crippen molar-refractivity contribution in [3.63, 3.8) is 0 Å². The summed E-state index contributed by atoms with van der Waals surface area (Å²) < 4.78 is 38.6. The van der Waals surface area contributed by atoms with Gasteiger partial charge < -0.3 is 4.90 Å². The number of aliphatic imine (C=N–C) groups is 1. The van der Waals surface area contributed by atoms with Crippen LogP contribution in [0, 0.1) is 0 Å². The normalized spacial score (nSPS) is 25.7. The van der Waals surface area contributed by atoms with Crippen molar-refractivity contribution in [3.05, 3.63) is 59.3 Å². The summed E-state index contributed by atoms with van der Waals surface area (Å²) in [5, 5.41) is 0. The molecule has 0 radical (unpaired) electrons.